The molecule has 0 bridgehead atoms. The average Bonchev–Trinajstić information content (AvgIpc) is 2.25. The maximum Gasteiger partial charge on any atom is 0.320 e. The molecule has 0 unspecified atom stereocenters. The Morgan fingerprint density at radius 1 is 1.29 bits per heavy atom. The summed E-state index contributed by atoms with van der Waals surface area (Å²) < 4.78 is 0. The monoisotopic (exact) mass is 245 g/mol. The van der Waals surface area contributed by atoms with Crippen molar-refractivity contribution in [2.24, 2.45) is 22.2 Å². The van der Waals surface area contributed by atoms with E-state index in [1.54, 1.807) is 0 Å². The molecule has 0 aliphatic heterocycles. The molecule has 0 heterocycles. The van der Waals surface area contributed by atoms with Crippen molar-refractivity contribution in [3.8, 4) is 0 Å². The van der Waals surface area contributed by atoms with Crippen molar-refractivity contribution in [2.75, 3.05) is 19.6 Å². The van der Waals surface area contributed by atoms with E-state index in [-0.39, 0.29) is 5.96 Å². The highest BCUT2D eigenvalue weighted by molar-refractivity contribution is 5.75. The summed E-state index contributed by atoms with van der Waals surface area (Å²) in [6.45, 7) is 1.68. The lowest BCUT2D eigenvalue weighted by Gasteiger charge is -2.13. The number of carboxylic acids is 1. The van der Waals surface area contributed by atoms with Crippen LogP contribution >= 0.6 is 0 Å². The predicted octanol–water partition coefficient (Wildman–Crippen LogP) is -1.18. The molecule has 0 saturated carbocycles. The molecule has 0 aromatic carbocycles. The van der Waals surface area contributed by atoms with Crippen LogP contribution in [0.15, 0.2) is 4.99 Å². The Morgan fingerprint density at radius 2 is 2.00 bits per heavy atom. The van der Waals surface area contributed by atoms with Gasteiger partial charge < -0.3 is 27.6 Å². The summed E-state index contributed by atoms with van der Waals surface area (Å²) in [6, 6.07) is -0.513. The SMILES string of the molecule is NCCCC[C@H](NCCCN=C(N)N)C(=O)O. The number of hydrogen-bond donors (Lipinski definition) is 5. The second kappa shape index (κ2) is 9.86. The predicted molar refractivity (Wildman–Crippen MR) is 67.6 cm³/mol. The molecule has 0 saturated heterocycles. The highest BCUT2D eigenvalue weighted by atomic mass is 16.4. The summed E-state index contributed by atoms with van der Waals surface area (Å²) in [5.74, 6) is -0.772. The summed E-state index contributed by atoms with van der Waals surface area (Å²) in [5, 5.41) is 11.9. The molecule has 0 rings (SSSR count). The van der Waals surface area contributed by atoms with Crippen LogP contribution in [0.25, 0.3) is 0 Å². The van der Waals surface area contributed by atoms with Crippen LogP contribution in [0.5, 0.6) is 0 Å². The van der Waals surface area contributed by atoms with E-state index in [2.05, 4.69) is 10.3 Å². The third-order valence-corrected chi connectivity index (χ3v) is 2.27. The van der Waals surface area contributed by atoms with E-state index >= 15 is 0 Å². The minimum absolute atomic E-state index is 0.0581. The van der Waals surface area contributed by atoms with Crippen molar-refractivity contribution in [3.05, 3.63) is 0 Å². The van der Waals surface area contributed by atoms with Crippen molar-refractivity contribution in [3.63, 3.8) is 0 Å². The van der Waals surface area contributed by atoms with Crippen molar-refractivity contribution in [1.82, 2.24) is 5.32 Å². The second-order valence-electron chi connectivity index (χ2n) is 3.79. The number of carboxylic acid groups (broad SMARTS) is 1. The van der Waals surface area contributed by atoms with Gasteiger partial charge in [0.25, 0.3) is 0 Å². The van der Waals surface area contributed by atoms with Gasteiger partial charge in [0.05, 0.1) is 0 Å². The molecule has 0 aromatic rings. The number of aliphatic carboxylic acids is 1. The van der Waals surface area contributed by atoms with Crippen LogP contribution in [0.1, 0.15) is 25.7 Å². The van der Waals surface area contributed by atoms with Gasteiger partial charge in [-0.15, -0.1) is 0 Å². The van der Waals surface area contributed by atoms with E-state index in [1.807, 2.05) is 0 Å². The maximum absolute atomic E-state index is 10.9. The van der Waals surface area contributed by atoms with E-state index in [4.69, 9.17) is 22.3 Å². The summed E-state index contributed by atoms with van der Waals surface area (Å²) >= 11 is 0. The van der Waals surface area contributed by atoms with Gasteiger partial charge in [-0.1, -0.05) is 6.42 Å². The number of nitrogens with two attached hydrogens (primary N) is 3. The van der Waals surface area contributed by atoms with Crippen LogP contribution in [0.4, 0.5) is 0 Å². The number of guanidine groups is 1. The molecule has 1 atom stereocenters. The first-order valence-electron chi connectivity index (χ1n) is 5.79. The first-order chi connectivity index (χ1) is 8.07. The van der Waals surface area contributed by atoms with Crippen molar-refractivity contribution in [2.45, 2.75) is 31.7 Å². The molecule has 0 aliphatic carbocycles. The number of rotatable bonds is 10. The summed E-state index contributed by atoms with van der Waals surface area (Å²) in [6.07, 6.45) is 2.96. The van der Waals surface area contributed by atoms with Crippen LogP contribution in [0.2, 0.25) is 0 Å². The third-order valence-electron chi connectivity index (χ3n) is 2.27. The Bertz CT molecular complexity index is 241. The normalized spacial score (nSPS) is 12.1. The topological polar surface area (TPSA) is 140 Å². The molecule has 8 N–H and O–H groups in total. The molecule has 7 heteroatoms. The molecule has 0 spiro atoms. The van der Waals surface area contributed by atoms with E-state index in [1.165, 1.54) is 0 Å². The number of unbranched alkanes of at least 4 members (excludes halogenated alkanes) is 1. The highest BCUT2D eigenvalue weighted by Crippen LogP contribution is 2.00. The van der Waals surface area contributed by atoms with E-state index in [0.29, 0.717) is 32.5 Å². The Kier molecular flexibility index (Phi) is 9.08. The molecular weight excluding hydrogens is 222 g/mol. The van der Waals surface area contributed by atoms with Crippen LogP contribution in [-0.4, -0.2) is 42.7 Å². The van der Waals surface area contributed by atoms with Gasteiger partial charge in [0.15, 0.2) is 5.96 Å². The Labute approximate surface area is 101 Å². The molecular formula is C10H23N5O2. The van der Waals surface area contributed by atoms with Crippen LogP contribution < -0.4 is 22.5 Å². The molecule has 0 fully saturated rings. The number of nitrogens with zero attached hydrogens (tertiary/aromatic N) is 1. The summed E-state index contributed by atoms with van der Waals surface area (Å²) in [4.78, 5) is 14.7. The van der Waals surface area contributed by atoms with Crippen molar-refractivity contribution in [1.29, 1.82) is 0 Å². The molecule has 0 aromatic heterocycles. The zero-order valence-corrected chi connectivity index (χ0v) is 10.1. The lowest BCUT2D eigenvalue weighted by molar-refractivity contribution is -0.139. The maximum atomic E-state index is 10.9. The fraction of sp³-hybridized carbons (Fsp3) is 0.800. The molecule has 0 amide bonds. The van der Waals surface area contributed by atoms with E-state index in [9.17, 15) is 4.79 Å². The molecule has 17 heavy (non-hydrogen) atoms. The number of nitrogens with one attached hydrogen (secondary N) is 1. The average molecular weight is 245 g/mol. The molecule has 0 radical (unpaired) electrons. The lowest BCUT2D eigenvalue weighted by Crippen LogP contribution is -2.37. The van der Waals surface area contributed by atoms with Gasteiger partial charge in [0.1, 0.15) is 6.04 Å². The molecule has 7 nitrogen and oxygen atoms in total. The Hall–Kier alpha value is -1.34. The van der Waals surface area contributed by atoms with Crippen molar-refractivity contribution < 1.29 is 9.90 Å². The van der Waals surface area contributed by atoms with Crippen molar-refractivity contribution >= 4 is 11.9 Å². The molecule has 100 valence electrons. The van der Waals surface area contributed by atoms with Gasteiger partial charge in [-0.2, -0.15) is 0 Å². The van der Waals surface area contributed by atoms with Gasteiger partial charge in [0.2, 0.25) is 0 Å². The number of hydrogen-bond acceptors (Lipinski definition) is 4. The fourth-order valence-electron chi connectivity index (χ4n) is 1.37. The standard InChI is InChI=1S/C10H23N5O2/c11-5-2-1-4-8(9(16)17)14-6-3-7-15-10(12)13/h8,14H,1-7,11H2,(H,16,17)(H4,12,13,15)/t8-/m0/s1. The first-order valence-corrected chi connectivity index (χ1v) is 5.79. The van der Waals surface area contributed by atoms with Crippen LogP contribution in [0.3, 0.4) is 0 Å². The van der Waals surface area contributed by atoms with E-state index < -0.39 is 12.0 Å². The molecule has 0 aliphatic rings. The van der Waals surface area contributed by atoms with Crippen LogP contribution in [-0.2, 0) is 4.79 Å². The number of aliphatic imine (C=N–C) groups is 1. The summed E-state index contributed by atoms with van der Waals surface area (Å²) in [7, 11) is 0. The quantitative estimate of drug-likeness (QED) is 0.186. The number of carbonyl (C=O) groups is 1. The smallest absolute Gasteiger partial charge is 0.320 e. The van der Waals surface area contributed by atoms with E-state index in [0.717, 1.165) is 12.8 Å². The second-order valence-corrected chi connectivity index (χ2v) is 3.79. The van der Waals surface area contributed by atoms with Gasteiger partial charge in [-0.05, 0) is 32.4 Å². The summed E-state index contributed by atoms with van der Waals surface area (Å²) in [5.41, 5.74) is 15.7. The van der Waals surface area contributed by atoms with Gasteiger partial charge in [0, 0.05) is 6.54 Å². The lowest BCUT2D eigenvalue weighted by atomic mass is 10.1. The minimum atomic E-state index is -0.830. The Balaban J connectivity index is 3.70. The fourth-order valence-corrected chi connectivity index (χ4v) is 1.37. The Morgan fingerprint density at radius 3 is 2.53 bits per heavy atom. The third kappa shape index (κ3) is 9.58. The van der Waals surface area contributed by atoms with Gasteiger partial charge in [-0.25, -0.2) is 0 Å². The minimum Gasteiger partial charge on any atom is -0.480 e. The zero-order valence-electron chi connectivity index (χ0n) is 10.1. The largest absolute Gasteiger partial charge is 0.480 e. The first kappa shape index (κ1) is 15.7. The van der Waals surface area contributed by atoms with Gasteiger partial charge in [-0.3, -0.25) is 9.79 Å². The highest BCUT2D eigenvalue weighted by Gasteiger charge is 2.15. The zero-order chi connectivity index (χ0) is 13.1. The van der Waals surface area contributed by atoms with Crippen LogP contribution in [0, 0.1) is 0 Å². The van der Waals surface area contributed by atoms with Gasteiger partial charge >= 0.3 is 5.97 Å².